The Morgan fingerprint density at radius 1 is 1.15 bits per heavy atom. The number of nitrogens with one attached hydrogen (secondary N) is 1. The average Bonchev–Trinajstić information content (AvgIpc) is 2.34. The van der Waals surface area contributed by atoms with Crippen molar-refractivity contribution in [1.82, 2.24) is 4.98 Å². The summed E-state index contributed by atoms with van der Waals surface area (Å²) < 4.78 is 6.29. The zero-order valence-electron chi connectivity index (χ0n) is 13.4. The number of hydrogen-bond acceptors (Lipinski definition) is 2. The summed E-state index contributed by atoms with van der Waals surface area (Å²) in [7, 11) is 0. The van der Waals surface area contributed by atoms with E-state index in [1.54, 1.807) is 0 Å². The first-order chi connectivity index (χ1) is 9.42. The van der Waals surface area contributed by atoms with E-state index in [4.69, 9.17) is 4.74 Å². The molecule has 1 fully saturated rings. The van der Waals surface area contributed by atoms with Gasteiger partial charge in [0.1, 0.15) is 5.75 Å². The lowest BCUT2D eigenvalue weighted by atomic mass is 9.81. The molecule has 0 bridgehead atoms. The van der Waals surface area contributed by atoms with Crippen LogP contribution in [0.25, 0.3) is 0 Å². The van der Waals surface area contributed by atoms with Gasteiger partial charge in [-0.05, 0) is 51.4 Å². The Kier molecular flexibility index (Phi) is 4.56. The molecular formula is C17H27NO2. The molecule has 20 heavy (non-hydrogen) atoms. The van der Waals surface area contributed by atoms with Crippen molar-refractivity contribution < 1.29 is 4.74 Å². The van der Waals surface area contributed by atoms with E-state index in [-0.39, 0.29) is 11.7 Å². The summed E-state index contributed by atoms with van der Waals surface area (Å²) in [5.74, 6) is 2.24. The molecule has 0 spiro atoms. The number of hydrogen-bond donors (Lipinski definition) is 1. The molecular weight excluding hydrogens is 250 g/mol. The van der Waals surface area contributed by atoms with Gasteiger partial charge in [0, 0.05) is 11.3 Å². The third-order valence-electron chi connectivity index (χ3n) is 4.48. The second-order valence-corrected chi connectivity index (χ2v) is 6.52. The number of aromatic nitrogens is 1. The lowest BCUT2D eigenvalue weighted by Crippen LogP contribution is -2.30. The van der Waals surface area contributed by atoms with E-state index < -0.39 is 0 Å². The van der Waals surface area contributed by atoms with Crippen molar-refractivity contribution in [3.63, 3.8) is 0 Å². The summed E-state index contributed by atoms with van der Waals surface area (Å²) in [5.41, 5.74) is 2.79. The van der Waals surface area contributed by atoms with Crippen LogP contribution in [0.2, 0.25) is 0 Å². The predicted octanol–water partition coefficient (Wildman–Crippen LogP) is 3.76. The van der Waals surface area contributed by atoms with Gasteiger partial charge in [-0.15, -0.1) is 0 Å². The molecule has 3 nitrogen and oxygen atoms in total. The van der Waals surface area contributed by atoms with Crippen LogP contribution >= 0.6 is 0 Å². The van der Waals surface area contributed by atoms with Gasteiger partial charge in [0.25, 0.3) is 5.56 Å². The van der Waals surface area contributed by atoms with Gasteiger partial charge < -0.3 is 9.72 Å². The minimum atomic E-state index is -0.0217. The average molecular weight is 277 g/mol. The van der Waals surface area contributed by atoms with Gasteiger partial charge in [-0.3, -0.25) is 4.79 Å². The Bertz CT molecular complexity index is 523. The number of pyridine rings is 1. The van der Waals surface area contributed by atoms with Crippen molar-refractivity contribution in [1.29, 1.82) is 0 Å². The normalized spacial score (nSPS) is 26.6. The van der Waals surface area contributed by atoms with Crippen molar-refractivity contribution in [3.05, 3.63) is 27.2 Å². The van der Waals surface area contributed by atoms with Gasteiger partial charge in [0.2, 0.25) is 0 Å². The minimum absolute atomic E-state index is 0.0217. The van der Waals surface area contributed by atoms with E-state index in [0.717, 1.165) is 41.8 Å². The van der Waals surface area contributed by atoms with Gasteiger partial charge in [-0.1, -0.05) is 20.8 Å². The molecule has 1 aromatic rings. The maximum absolute atomic E-state index is 12.0. The van der Waals surface area contributed by atoms with E-state index in [2.05, 4.69) is 25.8 Å². The Labute approximate surface area is 121 Å². The maximum Gasteiger partial charge on any atom is 0.254 e. The van der Waals surface area contributed by atoms with Crippen molar-refractivity contribution in [2.75, 3.05) is 0 Å². The third kappa shape index (κ3) is 3.08. The Balaban J connectivity index is 2.31. The van der Waals surface area contributed by atoms with Gasteiger partial charge in [-0.25, -0.2) is 0 Å². The van der Waals surface area contributed by atoms with Crippen LogP contribution in [-0.2, 0) is 6.42 Å². The van der Waals surface area contributed by atoms with Gasteiger partial charge in [0.05, 0.1) is 11.7 Å². The summed E-state index contributed by atoms with van der Waals surface area (Å²) in [5, 5.41) is 0. The maximum atomic E-state index is 12.0. The van der Waals surface area contributed by atoms with Crippen molar-refractivity contribution >= 4 is 0 Å². The molecule has 1 aliphatic rings. The van der Waals surface area contributed by atoms with Crippen LogP contribution in [-0.4, -0.2) is 11.1 Å². The fourth-order valence-corrected chi connectivity index (χ4v) is 3.56. The Morgan fingerprint density at radius 2 is 1.75 bits per heavy atom. The molecule has 3 heteroatoms. The monoisotopic (exact) mass is 277 g/mol. The zero-order valence-corrected chi connectivity index (χ0v) is 13.4. The summed E-state index contributed by atoms with van der Waals surface area (Å²) in [6.45, 7) is 10.5. The van der Waals surface area contributed by atoms with Gasteiger partial charge in [-0.2, -0.15) is 0 Å². The van der Waals surface area contributed by atoms with Gasteiger partial charge >= 0.3 is 0 Å². The van der Waals surface area contributed by atoms with E-state index in [1.807, 2.05) is 13.8 Å². The molecule has 0 radical (unpaired) electrons. The molecule has 0 saturated heterocycles. The summed E-state index contributed by atoms with van der Waals surface area (Å²) in [4.78, 5) is 14.9. The topological polar surface area (TPSA) is 42.1 Å². The Hall–Kier alpha value is -1.25. The zero-order chi connectivity index (χ0) is 14.9. The number of H-pyrrole nitrogens is 1. The van der Waals surface area contributed by atoms with E-state index in [9.17, 15) is 4.79 Å². The number of ether oxygens (including phenoxy) is 1. The highest BCUT2D eigenvalue weighted by atomic mass is 16.5. The van der Waals surface area contributed by atoms with Crippen LogP contribution in [0.1, 0.15) is 56.9 Å². The summed E-state index contributed by atoms with van der Waals surface area (Å²) in [6, 6.07) is 0. The molecule has 1 aliphatic carbocycles. The minimum Gasteiger partial charge on any atom is -0.490 e. The number of aryl methyl sites for hydroxylation is 1. The molecule has 1 aromatic heterocycles. The highest BCUT2D eigenvalue weighted by Crippen LogP contribution is 2.33. The summed E-state index contributed by atoms with van der Waals surface area (Å²) >= 11 is 0. The quantitative estimate of drug-likeness (QED) is 0.914. The third-order valence-corrected chi connectivity index (χ3v) is 4.48. The lowest BCUT2D eigenvalue weighted by molar-refractivity contribution is 0.0991. The van der Waals surface area contributed by atoms with E-state index in [0.29, 0.717) is 11.8 Å². The van der Waals surface area contributed by atoms with Crippen LogP contribution in [0.4, 0.5) is 0 Å². The first-order valence-electron chi connectivity index (χ1n) is 7.81. The van der Waals surface area contributed by atoms with E-state index in [1.165, 1.54) is 6.42 Å². The molecule has 3 atom stereocenters. The number of rotatable bonds is 3. The van der Waals surface area contributed by atoms with Crippen LogP contribution in [0.5, 0.6) is 5.75 Å². The second-order valence-electron chi connectivity index (χ2n) is 6.52. The second kappa shape index (κ2) is 6.02. The fraction of sp³-hybridized carbons (Fsp3) is 0.706. The molecule has 0 amide bonds. The van der Waals surface area contributed by atoms with Crippen LogP contribution < -0.4 is 10.3 Å². The first-order valence-corrected chi connectivity index (χ1v) is 7.81. The van der Waals surface area contributed by atoms with Crippen molar-refractivity contribution in [2.24, 2.45) is 11.8 Å². The lowest BCUT2D eigenvalue weighted by Gasteiger charge is -2.32. The molecule has 1 saturated carbocycles. The van der Waals surface area contributed by atoms with Crippen molar-refractivity contribution in [2.45, 2.75) is 66.4 Å². The smallest absolute Gasteiger partial charge is 0.254 e. The van der Waals surface area contributed by atoms with E-state index >= 15 is 0 Å². The van der Waals surface area contributed by atoms with Crippen LogP contribution in [0, 0.1) is 25.7 Å². The van der Waals surface area contributed by atoms with Gasteiger partial charge in [0.15, 0.2) is 0 Å². The Morgan fingerprint density at radius 3 is 2.30 bits per heavy atom. The highest BCUT2D eigenvalue weighted by molar-refractivity contribution is 5.42. The van der Waals surface area contributed by atoms with Crippen molar-refractivity contribution in [3.8, 4) is 5.75 Å². The predicted molar refractivity (Wildman–Crippen MR) is 82.5 cm³/mol. The largest absolute Gasteiger partial charge is 0.490 e. The first kappa shape index (κ1) is 15.1. The highest BCUT2D eigenvalue weighted by Gasteiger charge is 2.26. The fourth-order valence-electron chi connectivity index (χ4n) is 3.56. The van der Waals surface area contributed by atoms with Crippen LogP contribution in [0.3, 0.4) is 0 Å². The standard InChI is InChI=1S/C17H27NO2/c1-6-15-13(5)18-17(19)12(4)16(15)20-14-8-10(2)7-11(3)9-14/h10-11,14H,6-9H2,1-5H3,(H,18,19)/t10-,11+,14?. The molecule has 0 aliphatic heterocycles. The summed E-state index contributed by atoms with van der Waals surface area (Å²) in [6.07, 6.45) is 4.61. The molecule has 112 valence electrons. The number of aromatic amines is 1. The molecule has 1 N–H and O–H groups in total. The SMILES string of the molecule is CCc1c(C)[nH]c(=O)c(C)c1OC1C[C@@H](C)C[C@@H](C)C1. The molecule has 2 rings (SSSR count). The molecule has 0 aromatic carbocycles. The van der Waals surface area contributed by atoms with Crippen LogP contribution in [0.15, 0.2) is 4.79 Å². The molecule has 1 heterocycles. The molecule has 1 unspecified atom stereocenters.